The van der Waals surface area contributed by atoms with Crippen molar-refractivity contribution in [2.75, 3.05) is 5.32 Å². The Morgan fingerprint density at radius 1 is 1.00 bits per heavy atom. The number of hydrogen-bond acceptors (Lipinski definition) is 3. The van der Waals surface area contributed by atoms with Gasteiger partial charge in [0.05, 0.1) is 22.9 Å². The third-order valence-corrected chi connectivity index (χ3v) is 3.07. The third kappa shape index (κ3) is 1.69. The quantitative estimate of drug-likeness (QED) is 0.787. The molecule has 2 aromatic rings. The predicted octanol–water partition coefficient (Wildman–Crippen LogP) is 2.36. The van der Waals surface area contributed by atoms with Crippen LogP contribution in [0.15, 0.2) is 42.5 Å². The van der Waals surface area contributed by atoms with Crippen LogP contribution in [0.25, 0.3) is 11.1 Å². The van der Waals surface area contributed by atoms with Crippen LogP contribution in [0.3, 0.4) is 0 Å². The number of ketones is 1. The van der Waals surface area contributed by atoms with Gasteiger partial charge in [-0.1, -0.05) is 24.3 Å². The van der Waals surface area contributed by atoms with Crippen molar-refractivity contribution in [2.45, 2.75) is 0 Å². The van der Waals surface area contributed by atoms with Crippen LogP contribution >= 0.6 is 0 Å². The molecule has 0 saturated heterocycles. The maximum Gasteiger partial charge on any atom is 0.296 e. The standard InChI is InChI=1S/C15H8N2O2/c16-8-9-4-6-10(7-5-9)11-2-1-3-12-13(11)14(18)15(19)17-12/h1-7H,(H,17,18,19). The lowest BCUT2D eigenvalue weighted by Crippen LogP contribution is -2.12. The zero-order chi connectivity index (χ0) is 13.4. The molecule has 4 nitrogen and oxygen atoms in total. The number of anilines is 1. The molecule has 1 heterocycles. The van der Waals surface area contributed by atoms with Gasteiger partial charge in [0, 0.05) is 0 Å². The number of amides is 1. The molecule has 1 aliphatic rings. The number of nitrogens with one attached hydrogen (secondary N) is 1. The Labute approximate surface area is 109 Å². The molecule has 1 N–H and O–H groups in total. The fourth-order valence-corrected chi connectivity index (χ4v) is 2.16. The Hall–Kier alpha value is -2.93. The highest BCUT2D eigenvalue weighted by Gasteiger charge is 2.30. The number of benzene rings is 2. The van der Waals surface area contributed by atoms with Crippen molar-refractivity contribution in [3.63, 3.8) is 0 Å². The number of nitrogens with zero attached hydrogens (tertiary/aromatic N) is 1. The zero-order valence-corrected chi connectivity index (χ0v) is 9.81. The van der Waals surface area contributed by atoms with Crippen molar-refractivity contribution in [1.29, 1.82) is 5.26 Å². The van der Waals surface area contributed by atoms with E-state index < -0.39 is 11.7 Å². The summed E-state index contributed by atoms with van der Waals surface area (Å²) in [5.41, 5.74) is 3.00. The second-order valence-electron chi connectivity index (χ2n) is 4.20. The van der Waals surface area contributed by atoms with E-state index in [2.05, 4.69) is 5.32 Å². The number of Topliss-reactive ketones (excluding diaryl/α,β-unsaturated/α-hetero) is 1. The first-order valence-corrected chi connectivity index (χ1v) is 5.70. The predicted molar refractivity (Wildman–Crippen MR) is 69.6 cm³/mol. The monoisotopic (exact) mass is 248 g/mol. The minimum Gasteiger partial charge on any atom is -0.318 e. The van der Waals surface area contributed by atoms with Gasteiger partial charge in [0.25, 0.3) is 11.7 Å². The zero-order valence-electron chi connectivity index (χ0n) is 9.81. The van der Waals surface area contributed by atoms with Crippen molar-refractivity contribution in [3.8, 4) is 17.2 Å². The number of carbonyl (C=O) groups is 2. The van der Waals surface area contributed by atoms with Gasteiger partial charge in [-0.25, -0.2) is 0 Å². The summed E-state index contributed by atoms with van der Waals surface area (Å²) in [4.78, 5) is 23.3. The molecule has 0 bridgehead atoms. The van der Waals surface area contributed by atoms with Gasteiger partial charge in [-0.2, -0.15) is 5.26 Å². The molecular weight excluding hydrogens is 240 g/mol. The topological polar surface area (TPSA) is 70.0 Å². The summed E-state index contributed by atoms with van der Waals surface area (Å²) in [6.07, 6.45) is 0. The largest absolute Gasteiger partial charge is 0.318 e. The lowest BCUT2D eigenvalue weighted by Gasteiger charge is -2.06. The van der Waals surface area contributed by atoms with Crippen LogP contribution in [0.4, 0.5) is 5.69 Å². The molecule has 1 aliphatic heterocycles. The highest BCUT2D eigenvalue weighted by molar-refractivity contribution is 6.52. The lowest BCUT2D eigenvalue weighted by atomic mass is 9.96. The highest BCUT2D eigenvalue weighted by atomic mass is 16.2. The van der Waals surface area contributed by atoms with Crippen LogP contribution < -0.4 is 5.32 Å². The van der Waals surface area contributed by atoms with E-state index in [1.54, 1.807) is 42.5 Å². The van der Waals surface area contributed by atoms with Crippen molar-refractivity contribution in [3.05, 3.63) is 53.6 Å². The van der Waals surface area contributed by atoms with Crippen LogP contribution in [0.2, 0.25) is 0 Å². The molecule has 1 amide bonds. The average molecular weight is 248 g/mol. The molecule has 0 fully saturated rings. The third-order valence-electron chi connectivity index (χ3n) is 3.07. The molecule has 0 atom stereocenters. The first-order valence-electron chi connectivity index (χ1n) is 5.70. The van der Waals surface area contributed by atoms with Gasteiger partial charge in [0.15, 0.2) is 0 Å². The van der Waals surface area contributed by atoms with Crippen LogP contribution in [-0.2, 0) is 4.79 Å². The molecule has 3 rings (SSSR count). The van der Waals surface area contributed by atoms with Gasteiger partial charge >= 0.3 is 0 Å². The SMILES string of the molecule is N#Cc1ccc(-c2cccc3c2C(=O)C(=O)N3)cc1. The van der Waals surface area contributed by atoms with Crippen LogP contribution in [0.5, 0.6) is 0 Å². The van der Waals surface area contributed by atoms with E-state index in [0.29, 0.717) is 22.4 Å². The molecule has 2 aromatic carbocycles. The van der Waals surface area contributed by atoms with Crippen LogP contribution in [-0.4, -0.2) is 11.7 Å². The second kappa shape index (κ2) is 4.07. The van der Waals surface area contributed by atoms with Gasteiger partial charge < -0.3 is 5.32 Å². The normalized spacial score (nSPS) is 12.8. The molecule has 0 radical (unpaired) electrons. The minimum absolute atomic E-state index is 0.400. The molecule has 0 spiro atoms. The average Bonchev–Trinajstić information content (AvgIpc) is 2.74. The maximum atomic E-state index is 11.8. The first-order chi connectivity index (χ1) is 9.20. The summed E-state index contributed by atoms with van der Waals surface area (Å²) < 4.78 is 0. The van der Waals surface area contributed by atoms with E-state index in [1.165, 1.54) is 0 Å². The van der Waals surface area contributed by atoms with Gasteiger partial charge in [-0.05, 0) is 29.3 Å². The summed E-state index contributed by atoms with van der Waals surface area (Å²) in [5, 5.41) is 11.3. The molecule has 90 valence electrons. The summed E-state index contributed by atoms with van der Waals surface area (Å²) in [7, 11) is 0. The van der Waals surface area contributed by atoms with Gasteiger partial charge in [0.1, 0.15) is 0 Å². The Morgan fingerprint density at radius 3 is 2.42 bits per heavy atom. The number of hydrogen-bond donors (Lipinski definition) is 1. The Kier molecular flexibility index (Phi) is 2.39. The second-order valence-corrected chi connectivity index (χ2v) is 4.20. The maximum absolute atomic E-state index is 11.8. The fraction of sp³-hybridized carbons (Fsp3) is 0. The number of rotatable bonds is 1. The van der Waals surface area contributed by atoms with E-state index in [4.69, 9.17) is 5.26 Å². The number of nitriles is 1. The molecule has 0 unspecified atom stereocenters. The van der Waals surface area contributed by atoms with E-state index in [0.717, 1.165) is 5.56 Å². The van der Waals surface area contributed by atoms with Gasteiger partial charge in [-0.3, -0.25) is 9.59 Å². The molecule has 0 aromatic heterocycles. The van der Waals surface area contributed by atoms with Crippen molar-refractivity contribution in [2.24, 2.45) is 0 Å². The van der Waals surface area contributed by atoms with Crippen molar-refractivity contribution < 1.29 is 9.59 Å². The summed E-state index contributed by atoms with van der Waals surface area (Å²) in [6, 6.07) is 14.2. The minimum atomic E-state index is -0.601. The number of fused-ring (bicyclic) bond motifs is 1. The molecule has 19 heavy (non-hydrogen) atoms. The number of carbonyl (C=O) groups excluding carboxylic acids is 2. The van der Waals surface area contributed by atoms with E-state index in [-0.39, 0.29) is 0 Å². The van der Waals surface area contributed by atoms with Gasteiger partial charge in [0.2, 0.25) is 0 Å². The smallest absolute Gasteiger partial charge is 0.296 e. The molecule has 4 heteroatoms. The first kappa shape index (κ1) is 11.2. The molecular formula is C15H8N2O2. The van der Waals surface area contributed by atoms with Crippen molar-refractivity contribution in [1.82, 2.24) is 0 Å². The lowest BCUT2D eigenvalue weighted by molar-refractivity contribution is -0.112. The highest BCUT2D eigenvalue weighted by Crippen LogP contribution is 2.33. The molecule has 0 aliphatic carbocycles. The van der Waals surface area contributed by atoms with E-state index >= 15 is 0 Å². The fourth-order valence-electron chi connectivity index (χ4n) is 2.16. The van der Waals surface area contributed by atoms with Crippen LogP contribution in [0.1, 0.15) is 15.9 Å². The Bertz CT molecular complexity index is 740. The van der Waals surface area contributed by atoms with Crippen molar-refractivity contribution >= 4 is 17.4 Å². The van der Waals surface area contributed by atoms with Crippen LogP contribution in [0, 0.1) is 11.3 Å². The summed E-state index contributed by atoms with van der Waals surface area (Å²) in [5.74, 6) is -1.12. The van der Waals surface area contributed by atoms with E-state index in [9.17, 15) is 9.59 Å². The summed E-state index contributed by atoms with van der Waals surface area (Å²) >= 11 is 0. The van der Waals surface area contributed by atoms with Gasteiger partial charge in [-0.15, -0.1) is 0 Å². The Morgan fingerprint density at radius 2 is 1.74 bits per heavy atom. The molecule has 0 saturated carbocycles. The Balaban J connectivity index is 2.17. The van der Waals surface area contributed by atoms with E-state index in [1.807, 2.05) is 6.07 Å². The summed E-state index contributed by atoms with van der Waals surface area (Å²) in [6.45, 7) is 0.